The van der Waals surface area contributed by atoms with E-state index in [4.69, 9.17) is 14.8 Å². The fourth-order valence-electron chi connectivity index (χ4n) is 4.47. The molecule has 2 aromatic carbocycles. The van der Waals surface area contributed by atoms with Crippen LogP contribution in [0.25, 0.3) is 11.4 Å². The molecule has 1 aliphatic carbocycles. The number of ether oxygens (including phenoxy) is 1. The van der Waals surface area contributed by atoms with Gasteiger partial charge in [0.1, 0.15) is 17.5 Å². The van der Waals surface area contributed by atoms with Crippen molar-refractivity contribution in [2.24, 2.45) is 5.41 Å². The Morgan fingerprint density at radius 1 is 1.16 bits per heavy atom. The number of nitrogens with zero attached hydrogens (tertiary/aromatic N) is 3. The average molecular weight is 416 g/mol. The lowest BCUT2D eigenvalue weighted by atomic mass is 9.73. The van der Waals surface area contributed by atoms with Gasteiger partial charge in [0.05, 0.1) is 7.11 Å². The number of anilines is 1. The van der Waals surface area contributed by atoms with E-state index in [-0.39, 0.29) is 16.9 Å². The summed E-state index contributed by atoms with van der Waals surface area (Å²) in [4.78, 5) is 18.0. The van der Waals surface area contributed by atoms with Crippen molar-refractivity contribution < 1.29 is 14.6 Å². The van der Waals surface area contributed by atoms with E-state index in [9.17, 15) is 9.90 Å². The van der Waals surface area contributed by atoms with Crippen molar-refractivity contribution in [1.29, 1.82) is 0 Å². The third-order valence-corrected chi connectivity index (χ3v) is 5.87. The number of carbonyl (C=O) groups is 1. The second-order valence-electron chi connectivity index (χ2n) is 8.89. The van der Waals surface area contributed by atoms with E-state index in [1.165, 1.54) is 0 Å². The molecule has 0 saturated carbocycles. The number of fused-ring (bicyclic) bond motifs is 1. The fraction of sp³-hybridized carbons (Fsp3) is 0.292. The Kier molecular flexibility index (Phi) is 4.36. The van der Waals surface area contributed by atoms with Crippen LogP contribution in [0.4, 0.5) is 5.95 Å². The zero-order valence-electron chi connectivity index (χ0n) is 17.7. The molecule has 0 bridgehead atoms. The van der Waals surface area contributed by atoms with Crippen molar-refractivity contribution in [3.8, 4) is 22.9 Å². The number of aromatic nitrogens is 3. The Morgan fingerprint density at radius 2 is 1.94 bits per heavy atom. The first-order valence-corrected chi connectivity index (χ1v) is 10.3. The van der Waals surface area contributed by atoms with Gasteiger partial charge in [-0.2, -0.15) is 4.98 Å². The van der Waals surface area contributed by atoms with Gasteiger partial charge in [-0.15, -0.1) is 5.10 Å². The van der Waals surface area contributed by atoms with Crippen LogP contribution in [-0.4, -0.2) is 32.8 Å². The Bertz CT molecular complexity index is 1210. The molecular formula is C24H24N4O3. The number of nitrogens with one attached hydrogen (secondary N) is 1. The summed E-state index contributed by atoms with van der Waals surface area (Å²) in [5.41, 5.74) is 3.10. The van der Waals surface area contributed by atoms with Crippen molar-refractivity contribution in [1.82, 2.24) is 14.8 Å². The second-order valence-corrected chi connectivity index (χ2v) is 8.89. The van der Waals surface area contributed by atoms with Crippen LogP contribution in [0.2, 0.25) is 0 Å². The van der Waals surface area contributed by atoms with Crippen LogP contribution in [0.1, 0.15) is 38.3 Å². The summed E-state index contributed by atoms with van der Waals surface area (Å²) < 4.78 is 7.00. The Hall–Kier alpha value is -3.61. The van der Waals surface area contributed by atoms with Crippen LogP contribution in [-0.2, 0) is 4.79 Å². The molecule has 5 rings (SSSR count). The Labute approximate surface area is 180 Å². The molecule has 7 heteroatoms. The third-order valence-electron chi connectivity index (χ3n) is 5.87. The number of aromatic hydroxyl groups is 1. The minimum absolute atomic E-state index is 0.0965. The summed E-state index contributed by atoms with van der Waals surface area (Å²) >= 11 is 0. The van der Waals surface area contributed by atoms with Crippen LogP contribution in [0, 0.1) is 5.41 Å². The first kappa shape index (κ1) is 19.4. The molecule has 0 spiro atoms. The highest BCUT2D eigenvalue weighted by atomic mass is 16.5. The van der Waals surface area contributed by atoms with Gasteiger partial charge in [-0.25, -0.2) is 4.68 Å². The normalized spacial score (nSPS) is 19.5. The molecule has 0 unspecified atom stereocenters. The predicted octanol–water partition coefficient (Wildman–Crippen LogP) is 4.32. The molecule has 31 heavy (non-hydrogen) atoms. The number of Topliss-reactive ketones (excluding diaryl/α,β-unsaturated/α-hetero) is 1. The summed E-state index contributed by atoms with van der Waals surface area (Å²) in [5.74, 6) is 2.15. The summed E-state index contributed by atoms with van der Waals surface area (Å²) in [6.45, 7) is 4.20. The van der Waals surface area contributed by atoms with Crippen LogP contribution < -0.4 is 10.1 Å². The number of hydrogen-bond donors (Lipinski definition) is 2. The van der Waals surface area contributed by atoms with Gasteiger partial charge >= 0.3 is 0 Å². The van der Waals surface area contributed by atoms with Gasteiger partial charge in [0.15, 0.2) is 11.6 Å². The number of hydrogen-bond acceptors (Lipinski definition) is 6. The van der Waals surface area contributed by atoms with Gasteiger partial charge < -0.3 is 15.2 Å². The molecule has 1 atom stereocenters. The van der Waals surface area contributed by atoms with Crippen LogP contribution in [0.15, 0.2) is 59.8 Å². The fourth-order valence-corrected chi connectivity index (χ4v) is 4.47. The molecule has 2 aliphatic rings. The second kappa shape index (κ2) is 6.97. The summed E-state index contributed by atoms with van der Waals surface area (Å²) in [7, 11) is 1.63. The number of benzene rings is 2. The standard InChI is InChI=1S/C24H24N4O3/c1-24(2)12-18-20(19(30)13-24)21(15-5-4-6-16(29)11-15)28-23(25-18)26-22(27-28)14-7-9-17(31-3)10-8-14/h4-11,21,29H,12-13H2,1-3H3,(H,25,26,27)/t21-/m1/s1. The summed E-state index contributed by atoms with van der Waals surface area (Å²) in [5, 5.41) is 18.2. The topological polar surface area (TPSA) is 89.3 Å². The molecule has 7 nitrogen and oxygen atoms in total. The van der Waals surface area contributed by atoms with E-state index >= 15 is 0 Å². The van der Waals surface area contributed by atoms with Crippen molar-refractivity contribution >= 4 is 11.7 Å². The number of rotatable bonds is 3. The molecule has 3 aromatic rings. The van der Waals surface area contributed by atoms with E-state index < -0.39 is 6.04 Å². The number of ketones is 1. The Balaban J connectivity index is 1.66. The minimum Gasteiger partial charge on any atom is -0.508 e. The summed E-state index contributed by atoms with van der Waals surface area (Å²) in [6, 6.07) is 14.1. The highest BCUT2D eigenvalue weighted by molar-refractivity contribution is 6.00. The largest absolute Gasteiger partial charge is 0.508 e. The molecule has 0 radical (unpaired) electrons. The monoisotopic (exact) mass is 416 g/mol. The number of carbonyl (C=O) groups excluding carboxylic acids is 1. The average Bonchev–Trinajstić information content (AvgIpc) is 3.15. The highest BCUT2D eigenvalue weighted by Crippen LogP contribution is 2.46. The lowest BCUT2D eigenvalue weighted by molar-refractivity contribution is -0.118. The predicted molar refractivity (Wildman–Crippen MR) is 117 cm³/mol. The molecule has 158 valence electrons. The van der Waals surface area contributed by atoms with Gasteiger partial charge in [0.2, 0.25) is 5.95 Å². The van der Waals surface area contributed by atoms with Gasteiger partial charge in [-0.05, 0) is 53.8 Å². The van der Waals surface area contributed by atoms with Gasteiger partial charge in [0.25, 0.3) is 0 Å². The zero-order valence-corrected chi connectivity index (χ0v) is 17.7. The van der Waals surface area contributed by atoms with E-state index in [2.05, 4.69) is 19.2 Å². The molecule has 2 heterocycles. The number of phenolic OH excluding ortho intramolecular Hbond substituents is 1. The molecule has 0 fully saturated rings. The van der Waals surface area contributed by atoms with Crippen molar-refractivity contribution in [2.45, 2.75) is 32.7 Å². The lowest BCUT2D eigenvalue weighted by Gasteiger charge is -2.38. The maximum absolute atomic E-state index is 13.2. The van der Waals surface area contributed by atoms with Crippen molar-refractivity contribution in [3.63, 3.8) is 0 Å². The van der Waals surface area contributed by atoms with E-state index in [0.717, 1.165) is 29.0 Å². The summed E-state index contributed by atoms with van der Waals surface area (Å²) in [6.07, 6.45) is 1.21. The number of methoxy groups -OCH3 is 1. The molecule has 2 N–H and O–H groups in total. The molecular weight excluding hydrogens is 392 g/mol. The maximum atomic E-state index is 13.2. The number of allylic oxidation sites excluding steroid dienone is 2. The van der Waals surface area contributed by atoms with Crippen LogP contribution in [0.5, 0.6) is 11.5 Å². The SMILES string of the molecule is COc1ccc(-c2nc3n(n2)[C@H](c2cccc(O)c2)C2=C(CC(C)(C)CC2=O)N3)cc1. The van der Waals surface area contributed by atoms with Crippen LogP contribution >= 0.6 is 0 Å². The van der Waals surface area contributed by atoms with Crippen LogP contribution in [0.3, 0.4) is 0 Å². The quantitative estimate of drug-likeness (QED) is 0.661. The first-order chi connectivity index (χ1) is 14.8. The lowest BCUT2D eigenvalue weighted by Crippen LogP contribution is -2.36. The minimum atomic E-state index is -0.443. The van der Waals surface area contributed by atoms with Crippen molar-refractivity contribution in [2.75, 3.05) is 12.4 Å². The maximum Gasteiger partial charge on any atom is 0.226 e. The van der Waals surface area contributed by atoms with Gasteiger partial charge in [0, 0.05) is 23.3 Å². The molecule has 0 saturated heterocycles. The highest BCUT2D eigenvalue weighted by Gasteiger charge is 2.42. The molecule has 1 aromatic heterocycles. The van der Waals surface area contributed by atoms with Gasteiger partial charge in [-0.1, -0.05) is 26.0 Å². The van der Waals surface area contributed by atoms with Crippen molar-refractivity contribution in [3.05, 3.63) is 65.4 Å². The Morgan fingerprint density at radius 3 is 2.65 bits per heavy atom. The van der Waals surface area contributed by atoms with E-state index in [0.29, 0.717) is 23.8 Å². The van der Waals surface area contributed by atoms with E-state index in [1.807, 2.05) is 30.3 Å². The van der Waals surface area contributed by atoms with Gasteiger partial charge in [-0.3, -0.25) is 4.79 Å². The van der Waals surface area contributed by atoms with E-state index in [1.54, 1.807) is 30.0 Å². The first-order valence-electron chi connectivity index (χ1n) is 10.3. The molecule has 1 aliphatic heterocycles. The number of phenols is 1. The molecule has 0 amide bonds. The smallest absolute Gasteiger partial charge is 0.226 e. The third kappa shape index (κ3) is 3.36. The zero-order chi connectivity index (χ0) is 21.8.